The Hall–Kier alpha value is -3.70. The molecular formula is C27H25N2O3+. The second-order valence-corrected chi connectivity index (χ2v) is 8.19. The second-order valence-electron chi connectivity index (χ2n) is 8.19. The summed E-state index contributed by atoms with van der Waals surface area (Å²) in [5.74, 6) is -0.109. The lowest BCUT2D eigenvalue weighted by atomic mass is 9.96. The van der Waals surface area contributed by atoms with Crippen molar-refractivity contribution in [3.8, 4) is 0 Å². The third-order valence-corrected chi connectivity index (χ3v) is 6.25. The number of hydrogen-bond donors (Lipinski definition) is 1. The predicted octanol–water partition coefficient (Wildman–Crippen LogP) is 2.92. The Kier molecular flexibility index (Phi) is 5.57. The number of amides is 1. The van der Waals surface area contributed by atoms with E-state index in [4.69, 9.17) is 4.42 Å². The van der Waals surface area contributed by atoms with E-state index < -0.39 is 5.63 Å². The second kappa shape index (κ2) is 8.81. The Bertz CT molecular complexity index is 1240. The van der Waals surface area contributed by atoms with Gasteiger partial charge < -0.3 is 14.2 Å². The molecule has 1 aliphatic rings. The number of nitrogens with zero attached hydrogens (tertiary/aromatic N) is 1. The molecule has 0 aliphatic carbocycles. The maximum atomic E-state index is 13.1. The lowest BCUT2D eigenvalue weighted by Gasteiger charge is -2.36. The number of benzene rings is 3. The summed E-state index contributed by atoms with van der Waals surface area (Å²) in [4.78, 5) is 28.6. The third-order valence-electron chi connectivity index (χ3n) is 6.25. The van der Waals surface area contributed by atoms with E-state index in [1.165, 1.54) is 16.0 Å². The van der Waals surface area contributed by atoms with Crippen molar-refractivity contribution in [2.75, 3.05) is 26.2 Å². The minimum atomic E-state index is -0.469. The summed E-state index contributed by atoms with van der Waals surface area (Å²) in [6.45, 7) is 2.86. The molecule has 1 aromatic heterocycles. The van der Waals surface area contributed by atoms with Crippen LogP contribution in [0.4, 0.5) is 0 Å². The Labute approximate surface area is 186 Å². The average Bonchev–Trinajstić information content (AvgIpc) is 2.85. The standard InChI is InChI=1S/C27H24N2O3/c30-26(24-19-22-13-7-8-14-23(22)27(31)32-24)29-17-15-28(16-18-29)25(20-9-3-1-4-10-20)21-11-5-2-6-12-21/h1-14,19,25H,15-18H2/p+1. The van der Waals surface area contributed by atoms with Gasteiger partial charge in [-0.05, 0) is 17.5 Å². The van der Waals surface area contributed by atoms with E-state index in [-0.39, 0.29) is 17.7 Å². The summed E-state index contributed by atoms with van der Waals surface area (Å²) in [7, 11) is 0. The van der Waals surface area contributed by atoms with E-state index >= 15 is 0 Å². The number of piperazine rings is 1. The normalized spacial score (nSPS) is 14.7. The fourth-order valence-electron chi connectivity index (χ4n) is 4.64. The van der Waals surface area contributed by atoms with E-state index in [2.05, 4.69) is 48.5 Å². The highest BCUT2D eigenvalue weighted by atomic mass is 16.4. The molecule has 0 bridgehead atoms. The first kappa shape index (κ1) is 20.2. The van der Waals surface area contributed by atoms with Crippen molar-refractivity contribution in [1.29, 1.82) is 0 Å². The van der Waals surface area contributed by atoms with Crippen LogP contribution in [0.15, 0.2) is 100 Å². The van der Waals surface area contributed by atoms with Crippen LogP contribution in [0.1, 0.15) is 27.7 Å². The van der Waals surface area contributed by atoms with Gasteiger partial charge in [0.25, 0.3) is 5.91 Å². The molecule has 0 radical (unpaired) electrons. The summed E-state index contributed by atoms with van der Waals surface area (Å²) in [6, 6.07) is 30.1. The van der Waals surface area contributed by atoms with Crippen molar-refractivity contribution in [1.82, 2.24) is 4.90 Å². The van der Waals surface area contributed by atoms with Gasteiger partial charge in [-0.15, -0.1) is 0 Å². The monoisotopic (exact) mass is 425 g/mol. The quantitative estimate of drug-likeness (QED) is 0.547. The highest BCUT2D eigenvalue weighted by Gasteiger charge is 2.32. The molecule has 0 unspecified atom stereocenters. The molecule has 3 aromatic carbocycles. The van der Waals surface area contributed by atoms with Crippen LogP contribution in [0, 0.1) is 0 Å². The third kappa shape index (κ3) is 3.95. The molecule has 1 amide bonds. The first-order chi connectivity index (χ1) is 15.7. The highest BCUT2D eigenvalue weighted by Crippen LogP contribution is 2.20. The molecule has 5 heteroatoms. The van der Waals surface area contributed by atoms with Crippen LogP contribution in [0.25, 0.3) is 10.8 Å². The maximum absolute atomic E-state index is 13.1. The molecule has 1 fully saturated rings. The van der Waals surface area contributed by atoms with E-state index in [1.54, 1.807) is 23.1 Å². The van der Waals surface area contributed by atoms with Crippen LogP contribution in [0.2, 0.25) is 0 Å². The summed E-state index contributed by atoms with van der Waals surface area (Å²) in [5, 5.41) is 1.22. The van der Waals surface area contributed by atoms with Gasteiger partial charge in [-0.25, -0.2) is 4.79 Å². The van der Waals surface area contributed by atoms with Gasteiger partial charge >= 0.3 is 5.63 Å². The molecule has 2 heterocycles. The molecule has 0 atom stereocenters. The van der Waals surface area contributed by atoms with Gasteiger partial charge in [0.05, 0.1) is 31.6 Å². The smallest absolute Gasteiger partial charge is 0.344 e. The lowest BCUT2D eigenvalue weighted by Crippen LogP contribution is -3.15. The topological polar surface area (TPSA) is 55.0 Å². The molecule has 1 aliphatic heterocycles. The van der Waals surface area contributed by atoms with Crippen molar-refractivity contribution in [2.24, 2.45) is 0 Å². The van der Waals surface area contributed by atoms with Gasteiger partial charge in [-0.1, -0.05) is 78.9 Å². The molecule has 5 rings (SSSR count). The van der Waals surface area contributed by atoms with Crippen molar-refractivity contribution in [2.45, 2.75) is 6.04 Å². The fraction of sp³-hybridized carbons (Fsp3) is 0.185. The van der Waals surface area contributed by atoms with Gasteiger partial charge in [-0.2, -0.15) is 0 Å². The van der Waals surface area contributed by atoms with E-state index in [0.717, 1.165) is 18.5 Å². The molecule has 1 saturated heterocycles. The first-order valence-electron chi connectivity index (χ1n) is 11.0. The summed E-state index contributed by atoms with van der Waals surface area (Å²) in [5.41, 5.74) is 2.08. The van der Waals surface area contributed by atoms with E-state index in [0.29, 0.717) is 18.5 Å². The highest BCUT2D eigenvalue weighted by molar-refractivity contribution is 5.95. The molecule has 160 valence electrons. The average molecular weight is 426 g/mol. The number of quaternary nitrogens is 1. The number of rotatable bonds is 4. The van der Waals surface area contributed by atoms with Crippen molar-refractivity contribution >= 4 is 16.7 Å². The van der Waals surface area contributed by atoms with Gasteiger partial charge in [0, 0.05) is 11.1 Å². The number of fused-ring (bicyclic) bond motifs is 1. The first-order valence-corrected chi connectivity index (χ1v) is 11.0. The minimum Gasteiger partial charge on any atom is -0.417 e. The maximum Gasteiger partial charge on any atom is 0.344 e. The SMILES string of the molecule is O=C(c1cc2ccccc2c(=O)o1)N1CC[NH+](C(c2ccccc2)c2ccccc2)CC1. The molecule has 0 saturated carbocycles. The van der Waals surface area contributed by atoms with Gasteiger partial charge in [0.1, 0.15) is 6.04 Å². The van der Waals surface area contributed by atoms with Crippen LogP contribution < -0.4 is 10.5 Å². The summed E-state index contributed by atoms with van der Waals surface area (Å²) >= 11 is 0. The predicted molar refractivity (Wildman–Crippen MR) is 124 cm³/mol. The van der Waals surface area contributed by atoms with Crippen molar-refractivity contribution in [3.63, 3.8) is 0 Å². The van der Waals surface area contributed by atoms with E-state index in [1.807, 2.05) is 24.3 Å². The number of carbonyl (C=O) groups excluding carboxylic acids is 1. The van der Waals surface area contributed by atoms with Gasteiger partial charge in [0.2, 0.25) is 0 Å². The zero-order valence-electron chi connectivity index (χ0n) is 17.7. The van der Waals surface area contributed by atoms with Crippen LogP contribution in [0.5, 0.6) is 0 Å². The molecule has 1 N–H and O–H groups in total. The van der Waals surface area contributed by atoms with Crippen LogP contribution in [-0.2, 0) is 0 Å². The summed E-state index contributed by atoms with van der Waals surface area (Å²) < 4.78 is 5.36. The number of nitrogens with one attached hydrogen (secondary N) is 1. The number of hydrogen-bond acceptors (Lipinski definition) is 3. The minimum absolute atomic E-state index is 0.111. The zero-order chi connectivity index (χ0) is 21.9. The Morgan fingerprint density at radius 2 is 1.38 bits per heavy atom. The van der Waals surface area contributed by atoms with E-state index in [9.17, 15) is 9.59 Å². The zero-order valence-corrected chi connectivity index (χ0v) is 17.7. The molecule has 0 spiro atoms. The summed E-state index contributed by atoms with van der Waals surface area (Å²) in [6.07, 6.45) is 0. The molecule has 5 nitrogen and oxygen atoms in total. The van der Waals surface area contributed by atoms with Crippen LogP contribution >= 0.6 is 0 Å². The molecule has 4 aromatic rings. The molecule has 32 heavy (non-hydrogen) atoms. The van der Waals surface area contributed by atoms with Crippen molar-refractivity contribution < 1.29 is 14.1 Å². The lowest BCUT2D eigenvalue weighted by molar-refractivity contribution is -0.929. The Morgan fingerprint density at radius 1 is 0.812 bits per heavy atom. The number of carbonyl (C=O) groups is 1. The van der Waals surface area contributed by atoms with Gasteiger partial charge in [-0.3, -0.25) is 4.79 Å². The Balaban J connectivity index is 1.36. The Morgan fingerprint density at radius 3 is 2.00 bits per heavy atom. The molecular weight excluding hydrogens is 400 g/mol. The fourth-order valence-corrected chi connectivity index (χ4v) is 4.64. The van der Waals surface area contributed by atoms with Crippen LogP contribution in [-0.4, -0.2) is 37.0 Å². The van der Waals surface area contributed by atoms with Crippen LogP contribution in [0.3, 0.4) is 0 Å². The van der Waals surface area contributed by atoms with Gasteiger partial charge in [0.15, 0.2) is 5.76 Å². The largest absolute Gasteiger partial charge is 0.417 e. The van der Waals surface area contributed by atoms with Crippen molar-refractivity contribution in [3.05, 3.63) is 118 Å².